The molecule has 0 radical (unpaired) electrons. The van der Waals surface area contributed by atoms with E-state index in [1.54, 1.807) is 0 Å². The minimum atomic E-state index is -1.20. The lowest BCUT2D eigenvalue weighted by Crippen LogP contribution is -2.49. The number of thioether (sulfide) groups is 1. The van der Waals surface area contributed by atoms with Gasteiger partial charge < -0.3 is 26.6 Å². The summed E-state index contributed by atoms with van der Waals surface area (Å²) in [5.41, 5.74) is 5.32. The van der Waals surface area contributed by atoms with E-state index >= 15 is 0 Å². The van der Waals surface area contributed by atoms with Crippen molar-refractivity contribution in [2.24, 2.45) is 5.73 Å². The van der Waals surface area contributed by atoms with Gasteiger partial charge in [-0.1, -0.05) is 13.3 Å². The Kier molecular flexibility index (Phi) is 11.6. The SMILES string of the molecule is CCCCSC[C@H](NC(=O)CC[C@@H](N)C(=O)O)C(=O)NCC(=O)O. The van der Waals surface area contributed by atoms with Crippen LogP contribution < -0.4 is 16.4 Å². The lowest BCUT2D eigenvalue weighted by molar-refractivity contribution is -0.139. The van der Waals surface area contributed by atoms with Crippen LogP contribution in [0.1, 0.15) is 32.6 Å². The van der Waals surface area contributed by atoms with Crippen molar-refractivity contribution in [3.05, 3.63) is 0 Å². The first kappa shape index (κ1) is 22.2. The molecule has 10 heteroatoms. The molecule has 0 aliphatic rings. The number of amides is 2. The van der Waals surface area contributed by atoms with Gasteiger partial charge >= 0.3 is 11.9 Å². The maximum absolute atomic E-state index is 12.0. The average molecular weight is 363 g/mol. The third-order valence-electron chi connectivity index (χ3n) is 2.99. The molecular formula is C14H25N3O6S. The molecule has 0 bridgehead atoms. The minimum absolute atomic E-state index is 0.0480. The van der Waals surface area contributed by atoms with Crippen LogP contribution in [-0.4, -0.2) is 64.1 Å². The molecule has 0 saturated heterocycles. The number of carboxylic acids is 2. The second kappa shape index (κ2) is 12.6. The van der Waals surface area contributed by atoms with Gasteiger partial charge in [0, 0.05) is 12.2 Å². The maximum atomic E-state index is 12.0. The third-order valence-corrected chi connectivity index (χ3v) is 4.14. The van der Waals surface area contributed by atoms with Gasteiger partial charge in [-0.25, -0.2) is 0 Å². The number of nitrogens with two attached hydrogens (primary N) is 1. The largest absolute Gasteiger partial charge is 0.480 e. The molecule has 0 unspecified atom stereocenters. The number of carbonyl (C=O) groups excluding carboxylic acids is 2. The van der Waals surface area contributed by atoms with Gasteiger partial charge in [0.15, 0.2) is 0 Å². The fourth-order valence-corrected chi connectivity index (χ4v) is 2.72. The van der Waals surface area contributed by atoms with Crippen LogP contribution >= 0.6 is 11.8 Å². The van der Waals surface area contributed by atoms with Gasteiger partial charge in [0.1, 0.15) is 18.6 Å². The van der Waals surface area contributed by atoms with Crippen molar-refractivity contribution in [3.63, 3.8) is 0 Å². The van der Waals surface area contributed by atoms with Crippen molar-refractivity contribution in [2.75, 3.05) is 18.1 Å². The quantitative estimate of drug-likeness (QED) is 0.271. The van der Waals surface area contributed by atoms with E-state index in [0.717, 1.165) is 18.6 Å². The van der Waals surface area contributed by atoms with Crippen molar-refractivity contribution < 1.29 is 29.4 Å². The molecule has 0 spiro atoms. The smallest absolute Gasteiger partial charge is 0.322 e. The number of carbonyl (C=O) groups is 4. The summed E-state index contributed by atoms with van der Waals surface area (Å²) in [6.07, 6.45) is 1.79. The van der Waals surface area contributed by atoms with Crippen LogP contribution in [0.3, 0.4) is 0 Å². The number of unbranched alkanes of at least 4 members (excludes halogenated alkanes) is 1. The summed E-state index contributed by atoms with van der Waals surface area (Å²) in [5.74, 6) is -2.34. The van der Waals surface area contributed by atoms with Gasteiger partial charge in [0.25, 0.3) is 0 Å². The summed E-state index contributed by atoms with van der Waals surface area (Å²) in [4.78, 5) is 44.9. The first-order valence-corrected chi connectivity index (χ1v) is 8.78. The van der Waals surface area contributed by atoms with Gasteiger partial charge in [-0.2, -0.15) is 11.8 Å². The van der Waals surface area contributed by atoms with Crippen molar-refractivity contribution in [1.29, 1.82) is 0 Å². The molecule has 9 nitrogen and oxygen atoms in total. The number of hydrogen-bond acceptors (Lipinski definition) is 6. The predicted octanol–water partition coefficient (Wildman–Crippen LogP) is -0.603. The third kappa shape index (κ3) is 10.8. The highest BCUT2D eigenvalue weighted by Crippen LogP contribution is 2.07. The molecule has 0 aliphatic heterocycles. The summed E-state index contributed by atoms with van der Waals surface area (Å²) < 4.78 is 0. The Morgan fingerprint density at radius 3 is 2.42 bits per heavy atom. The number of rotatable bonds is 13. The molecule has 138 valence electrons. The van der Waals surface area contributed by atoms with Crippen LogP contribution in [-0.2, 0) is 19.2 Å². The van der Waals surface area contributed by atoms with Gasteiger partial charge in [-0.3, -0.25) is 19.2 Å². The zero-order chi connectivity index (χ0) is 18.5. The monoisotopic (exact) mass is 363 g/mol. The normalized spacial score (nSPS) is 12.9. The lowest BCUT2D eigenvalue weighted by atomic mass is 10.1. The van der Waals surface area contributed by atoms with Crippen LogP contribution in [0.2, 0.25) is 0 Å². The van der Waals surface area contributed by atoms with E-state index in [2.05, 4.69) is 10.6 Å². The molecule has 0 saturated carbocycles. The van der Waals surface area contributed by atoms with Crippen LogP contribution in [0.5, 0.6) is 0 Å². The standard InChI is InChI=1S/C14H25N3O6S/c1-2-3-6-24-8-10(13(21)16-7-12(19)20)17-11(18)5-4-9(15)14(22)23/h9-10H,2-8,15H2,1H3,(H,16,21)(H,17,18)(H,19,20)(H,22,23)/t9-,10+/m1/s1. The first-order valence-electron chi connectivity index (χ1n) is 7.62. The fraction of sp³-hybridized carbons (Fsp3) is 0.714. The van der Waals surface area contributed by atoms with Gasteiger partial charge in [-0.05, 0) is 18.6 Å². The molecule has 24 heavy (non-hydrogen) atoms. The van der Waals surface area contributed by atoms with E-state index in [0.29, 0.717) is 5.75 Å². The van der Waals surface area contributed by atoms with Gasteiger partial charge in [-0.15, -0.1) is 0 Å². The number of hydrogen-bond donors (Lipinski definition) is 5. The molecule has 0 heterocycles. The van der Waals surface area contributed by atoms with Crippen LogP contribution in [0.4, 0.5) is 0 Å². The molecule has 0 aromatic heterocycles. The van der Waals surface area contributed by atoms with Gasteiger partial charge in [0.05, 0.1) is 0 Å². The van der Waals surface area contributed by atoms with E-state index in [-0.39, 0.29) is 12.8 Å². The zero-order valence-corrected chi connectivity index (χ0v) is 14.4. The molecule has 0 aliphatic carbocycles. The molecule has 2 atom stereocenters. The summed E-state index contributed by atoms with van der Waals surface area (Å²) in [6, 6.07) is -2.02. The highest BCUT2D eigenvalue weighted by Gasteiger charge is 2.22. The van der Waals surface area contributed by atoms with Crippen LogP contribution in [0.25, 0.3) is 0 Å². The van der Waals surface area contributed by atoms with Crippen molar-refractivity contribution >= 4 is 35.5 Å². The maximum Gasteiger partial charge on any atom is 0.322 e. The van der Waals surface area contributed by atoms with Crippen molar-refractivity contribution in [2.45, 2.75) is 44.7 Å². The minimum Gasteiger partial charge on any atom is -0.480 e. The Morgan fingerprint density at radius 2 is 1.88 bits per heavy atom. The average Bonchev–Trinajstić information content (AvgIpc) is 2.52. The Hall–Kier alpha value is -1.81. The van der Waals surface area contributed by atoms with E-state index in [1.807, 2.05) is 6.92 Å². The summed E-state index contributed by atoms with van der Waals surface area (Å²) in [7, 11) is 0. The lowest BCUT2D eigenvalue weighted by Gasteiger charge is -2.18. The molecule has 0 aromatic carbocycles. The zero-order valence-electron chi connectivity index (χ0n) is 13.6. The first-order chi connectivity index (χ1) is 11.3. The Bertz CT molecular complexity index is 446. The molecular weight excluding hydrogens is 338 g/mol. The predicted molar refractivity (Wildman–Crippen MR) is 89.7 cm³/mol. The summed E-state index contributed by atoms with van der Waals surface area (Å²) >= 11 is 1.48. The molecule has 0 rings (SSSR count). The molecule has 2 amide bonds. The van der Waals surface area contributed by atoms with E-state index in [1.165, 1.54) is 11.8 Å². The topological polar surface area (TPSA) is 159 Å². The number of aliphatic carboxylic acids is 2. The molecule has 0 aromatic rings. The number of nitrogens with one attached hydrogen (secondary N) is 2. The fourth-order valence-electron chi connectivity index (χ4n) is 1.59. The van der Waals surface area contributed by atoms with E-state index < -0.39 is 42.4 Å². The summed E-state index contributed by atoms with van der Waals surface area (Å²) in [6.45, 7) is 1.50. The Balaban J connectivity index is 4.49. The van der Waals surface area contributed by atoms with E-state index in [4.69, 9.17) is 15.9 Å². The van der Waals surface area contributed by atoms with E-state index in [9.17, 15) is 19.2 Å². The molecule has 0 fully saturated rings. The summed E-state index contributed by atoms with van der Waals surface area (Å²) in [5, 5.41) is 22.0. The second-order valence-electron chi connectivity index (χ2n) is 5.14. The Morgan fingerprint density at radius 1 is 1.21 bits per heavy atom. The van der Waals surface area contributed by atoms with Crippen LogP contribution in [0, 0.1) is 0 Å². The molecule has 6 N–H and O–H groups in total. The second-order valence-corrected chi connectivity index (χ2v) is 6.29. The number of carboxylic acid groups (broad SMARTS) is 2. The van der Waals surface area contributed by atoms with Gasteiger partial charge in [0.2, 0.25) is 11.8 Å². The highest BCUT2D eigenvalue weighted by molar-refractivity contribution is 7.99. The Labute approximate surface area is 144 Å². The highest BCUT2D eigenvalue weighted by atomic mass is 32.2. The van der Waals surface area contributed by atoms with Crippen molar-refractivity contribution in [1.82, 2.24) is 10.6 Å². The van der Waals surface area contributed by atoms with Crippen molar-refractivity contribution in [3.8, 4) is 0 Å². The van der Waals surface area contributed by atoms with Crippen LogP contribution in [0.15, 0.2) is 0 Å².